The highest BCUT2D eigenvalue weighted by Gasteiger charge is 2.49. The second kappa shape index (κ2) is 3.22. The van der Waals surface area contributed by atoms with E-state index in [0.29, 0.717) is 6.54 Å². The van der Waals surface area contributed by atoms with Gasteiger partial charge in [-0.3, -0.25) is 5.01 Å². The van der Waals surface area contributed by atoms with Gasteiger partial charge in [-0.25, -0.2) is 0 Å². The number of alkyl halides is 3. The van der Waals surface area contributed by atoms with Gasteiger partial charge in [-0.2, -0.15) is 13.2 Å². The van der Waals surface area contributed by atoms with Crippen molar-refractivity contribution in [1.29, 1.82) is 0 Å². The maximum Gasteiger partial charge on any atom is 0.409 e. The van der Waals surface area contributed by atoms with Crippen molar-refractivity contribution >= 4 is 0 Å². The quantitative estimate of drug-likeness (QED) is 0.604. The summed E-state index contributed by atoms with van der Waals surface area (Å²) in [5.41, 5.74) is 0. The highest BCUT2D eigenvalue weighted by Crippen LogP contribution is 2.26. The first-order valence-corrected chi connectivity index (χ1v) is 4.11. The Hall–Kier alpha value is -0.290. The Balaban J connectivity index is 2.61. The molecule has 1 rings (SSSR count). The average Bonchev–Trinajstić information content (AvgIpc) is 2.29. The van der Waals surface area contributed by atoms with Crippen LogP contribution < -0.4 is 5.01 Å². The minimum atomic E-state index is -4.06. The van der Waals surface area contributed by atoms with Crippen molar-refractivity contribution in [2.45, 2.75) is 25.6 Å². The van der Waals surface area contributed by atoms with Gasteiger partial charge in [0.05, 0.1) is 13.1 Å². The van der Waals surface area contributed by atoms with Gasteiger partial charge in [0.2, 0.25) is 0 Å². The number of hydrogen-bond donors (Lipinski definition) is 1. The summed E-state index contributed by atoms with van der Waals surface area (Å²) < 4.78 is 36.8. The second-order valence-electron chi connectivity index (χ2n) is 3.13. The summed E-state index contributed by atoms with van der Waals surface area (Å²) in [6.45, 7) is 3.21. The molecule has 1 fully saturated rings. The Morgan fingerprint density at radius 3 is 2.33 bits per heavy atom. The third-order valence-electron chi connectivity index (χ3n) is 2.46. The van der Waals surface area contributed by atoms with Crippen molar-refractivity contribution in [2.75, 3.05) is 20.1 Å². The van der Waals surface area contributed by atoms with Crippen LogP contribution in [0.3, 0.4) is 0 Å². The SMILES string of the molecule is CC[NH+]1CCC(C(F)(F)F)N1C. The van der Waals surface area contributed by atoms with E-state index in [1.807, 2.05) is 6.92 Å². The minimum absolute atomic E-state index is 0.225. The highest BCUT2D eigenvalue weighted by molar-refractivity contribution is 4.74. The Morgan fingerprint density at radius 1 is 1.50 bits per heavy atom. The van der Waals surface area contributed by atoms with Crippen molar-refractivity contribution in [2.24, 2.45) is 0 Å². The summed E-state index contributed by atoms with van der Waals surface area (Å²) in [6, 6.07) is -1.24. The van der Waals surface area contributed by atoms with Crippen LogP contribution in [0, 0.1) is 0 Å². The topological polar surface area (TPSA) is 7.68 Å². The monoisotopic (exact) mass is 183 g/mol. The molecule has 1 aliphatic heterocycles. The molecule has 0 aliphatic carbocycles. The lowest BCUT2D eigenvalue weighted by Gasteiger charge is -2.24. The zero-order chi connectivity index (χ0) is 9.35. The summed E-state index contributed by atoms with van der Waals surface area (Å²) >= 11 is 0. The van der Waals surface area contributed by atoms with Gasteiger partial charge in [0, 0.05) is 13.5 Å². The van der Waals surface area contributed by atoms with E-state index in [4.69, 9.17) is 0 Å². The van der Waals surface area contributed by atoms with Gasteiger partial charge in [-0.1, -0.05) is 0 Å². The molecule has 0 aromatic heterocycles. The molecule has 0 aromatic rings. The molecule has 1 N–H and O–H groups in total. The molecule has 12 heavy (non-hydrogen) atoms. The number of halogens is 3. The normalized spacial score (nSPS) is 32.8. The third-order valence-corrected chi connectivity index (χ3v) is 2.46. The summed E-state index contributed by atoms with van der Waals surface area (Å²) in [5.74, 6) is 0. The molecular weight excluding hydrogens is 169 g/mol. The summed E-state index contributed by atoms with van der Waals surface area (Å²) in [4.78, 5) is 0. The van der Waals surface area contributed by atoms with Gasteiger partial charge in [0.15, 0.2) is 6.04 Å². The lowest BCUT2D eigenvalue weighted by molar-refractivity contribution is -1.00. The molecule has 0 spiro atoms. The third kappa shape index (κ3) is 1.72. The molecule has 1 saturated heterocycles. The van der Waals surface area contributed by atoms with Crippen LogP contribution in [0.4, 0.5) is 13.2 Å². The van der Waals surface area contributed by atoms with E-state index in [-0.39, 0.29) is 6.42 Å². The predicted octanol–water partition coefficient (Wildman–Crippen LogP) is 0.0726. The lowest BCUT2D eigenvalue weighted by Crippen LogP contribution is -3.15. The Morgan fingerprint density at radius 2 is 2.08 bits per heavy atom. The fourth-order valence-corrected chi connectivity index (χ4v) is 1.70. The van der Waals surface area contributed by atoms with Crippen molar-refractivity contribution in [3.8, 4) is 0 Å². The van der Waals surface area contributed by atoms with Crippen LogP contribution in [0.2, 0.25) is 0 Å². The predicted molar refractivity (Wildman–Crippen MR) is 38.6 cm³/mol. The summed E-state index contributed by atoms with van der Waals surface area (Å²) in [5, 5.41) is 2.29. The van der Waals surface area contributed by atoms with E-state index in [2.05, 4.69) is 0 Å². The highest BCUT2D eigenvalue weighted by atomic mass is 19.4. The smallest absolute Gasteiger partial charge is 0.255 e. The van der Waals surface area contributed by atoms with Gasteiger partial charge in [0.25, 0.3) is 0 Å². The summed E-state index contributed by atoms with van der Waals surface area (Å²) in [7, 11) is 1.53. The van der Waals surface area contributed by atoms with Crippen LogP contribution in [0.15, 0.2) is 0 Å². The van der Waals surface area contributed by atoms with E-state index in [9.17, 15) is 13.2 Å². The minimum Gasteiger partial charge on any atom is -0.255 e. The molecular formula is C7H14F3N2+. The Labute approximate surface area is 69.9 Å². The fraction of sp³-hybridized carbons (Fsp3) is 1.00. The van der Waals surface area contributed by atoms with Gasteiger partial charge < -0.3 is 0 Å². The van der Waals surface area contributed by atoms with Crippen molar-refractivity contribution < 1.29 is 18.2 Å². The van der Waals surface area contributed by atoms with E-state index in [0.717, 1.165) is 11.6 Å². The molecule has 0 aromatic carbocycles. The average molecular weight is 183 g/mol. The van der Waals surface area contributed by atoms with Crippen LogP contribution in [-0.4, -0.2) is 37.4 Å². The standard InChI is InChI=1S/C7H13F3N2/c1-3-12-5-4-6(11(12)2)7(8,9)10/h6H,3-5H2,1-2H3/p+1. The number of quaternary nitrogens is 1. The number of nitrogens with zero attached hydrogens (tertiary/aromatic N) is 1. The van der Waals surface area contributed by atoms with E-state index >= 15 is 0 Å². The Bertz CT molecular complexity index is 157. The first-order chi connectivity index (χ1) is 5.46. The molecule has 1 heterocycles. The largest absolute Gasteiger partial charge is 0.409 e. The lowest BCUT2D eigenvalue weighted by atomic mass is 10.2. The molecule has 0 saturated carbocycles. The van der Waals surface area contributed by atoms with Crippen LogP contribution in [-0.2, 0) is 0 Å². The first-order valence-electron chi connectivity index (χ1n) is 4.11. The molecule has 0 radical (unpaired) electrons. The molecule has 5 heteroatoms. The van der Waals surface area contributed by atoms with Gasteiger partial charge in [-0.15, -0.1) is 5.01 Å². The zero-order valence-electron chi connectivity index (χ0n) is 7.28. The van der Waals surface area contributed by atoms with Gasteiger partial charge in [-0.05, 0) is 6.92 Å². The van der Waals surface area contributed by atoms with E-state index in [1.54, 1.807) is 0 Å². The number of nitrogens with one attached hydrogen (secondary N) is 1. The Kier molecular flexibility index (Phi) is 2.63. The number of hydrogen-bond acceptors (Lipinski definition) is 1. The maximum atomic E-state index is 12.3. The fourth-order valence-electron chi connectivity index (χ4n) is 1.70. The van der Waals surface area contributed by atoms with Crippen LogP contribution in [0.1, 0.15) is 13.3 Å². The first kappa shape index (κ1) is 9.80. The van der Waals surface area contributed by atoms with Crippen LogP contribution in [0.25, 0.3) is 0 Å². The molecule has 2 unspecified atom stereocenters. The van der Waals surface area contributed by atoms with Crippen molar-refractivity contribution in [3.63, 3.8) is 0 Å². The van der Waals surface area contributed by atoms with Crippen molar-refractivity contribution in [3.05, 3.63) is 0 Å². The number of rotatable bonds is 1. The van der Waals surface area contributed by atoms with Crippen LogP contribution in [0.5, 0.6) is 0 Å². The van der Waals surface area contributed by atoms with E-state index < -0.39 is 12.2 Å². The van der Waals surface area contributed by atoms with Gasteiger partial charge >= 0.3 is 6.18 Å². The van der Waals surface area contributed by atoms with E-state index in [1.165, 1.54) is 12.1 Å². The van der Waals surface area contributed by atoms with Crippen molar-refractivity contribution in [1.82, 2.24) is 5.01 Å². The van der Waals surface area contributed by atoms with Gasteiger partial charge in [0.1, 0.15) is 0 Å². The zero-order valence-corrected chi connectivity index (χ0v) is 7.28. The molecule has 0 amide bonds. The molecule has 1 aliphatic rings. The molecule has 72 valence electrons. The molecule has 2 atom stereocenters. The second-order valence-corrected chi connectivity index (χ2v) is 3.13. The molecule has 2 nitrogen and oxygen atoms in total. The maximum absolute atomic E-state index is 12.3. The van der Waals surface area contributed by atoms with Crippen LogP contribution >= 0.6 is 0 Å². The summed E-state index contributed by atoms with van der Waals surface area (Å²) in [6.07, 6.45) is -3.84. The molecule has 0 bridgehead atoms.